The molecule has 0 aliphatic carbocycles. The minimum absolute atomic E-state index is 0.132. The molecular weight excluding hydrogens is 359 g/mol. The molecule has 0 atom stereocenters. The van der Waals surface area contributed by atoms with Gasteiger partial charge < -0.3 is 9.72 Å². The number of aryl methyl sites for hydroxylation is 3. The van der Waals surface area contributed by atoms with Crippen molar-refractivity contribution in [3.63, 3.8) is 0 Å². The first-order chi connectivity index (χ1) is 8.99. The van der Waals surface area contributed by atoms with Crippen molar-refractivity contribution in [2.24, 2.45) is 7.05 Å². The molecule has 7 heteroatoms. The highest BCUT2D eigenvalue weighted by atomic mass is 127. The van der Waals surface area contributed by atoms with Crippen molar-refractivity contribution in [3.8, 4) is 17.3 Å². The fourth-order valence-electron chi connectivity index (χ4n) is 2.00. The minimum Gasteiger partial charge on any atom is -0.481 e. The Hall–Kier alpha value is -1.38. The van der Waals surface area contributed by atoms with Gasteiger partial charge in [0.25, 0.3) is 5.56 Å². The summed E-state index contributed by atoms with van der Waals surface area (Å²) in [4.78, 5) is 19.2. The highest BCUT2D eigenvalue weighted by molar-refractivity contribution is 14.1. The van der Waals surface area contributed by atoms with Crippen LogP contribution < -0.4 is 10.3 Å². The predicted molar refractivity (Wildman–Crippen MR) is 80.4 cm³/mol. The molecule has 0 spiro atoms. The van der Waals surface area contributed by atoms with E-state index in [2.05, 4.69) is 15.1 Å². The van der Waals surface area contributed by atoms with Crippen LogP contribution in [0, 0.1) is 10.5 Å². The zero-order valence-corrected chi connectivity index (χ0v) is 13.4. The molecule has 2 heterocycles. The van der Waals surface area contributed by atoms with Gasteiger partial charge in [0.1, 0.15) is 11.4 Å². The molecule has 6 nitrogen and oxygen atoms in total. The number of hydrogen-bond donors (Lipinski definition) is 1. The highest BCUT2D eigenvalue weighted by Gasteiger charge is 2.19. The smallest absolute Gasteiger partial charge is 0.264 e. The van der Waals surface area contributed by atoms with Gasteiger partial charge >= 0.3 is 0 Å². The largest absolute Gasteiger partial charge is 0.481 e. The van der Waals surface area contributed by atoms with Crippen LogP contribution in [0.25, 0.3) is 11.4 Å². The van der Waals surface area contributed by atoms with Gasteiger partial charge in [-0.1, -0.05) is 6.92 Å². The first kappa shape index (κ1) is 14.0. The summed E-state index contributed by atoms with van der Waals surface area (Å²) in [5.74, 6) is 1.09. The molecule has 0 bridgehead atoms. The summed E-state index contributed by atoms with van der Waals surface area (Å²) in [7, 11) is 3.37. The summed E-state index contributed by atoms with van der Waals surface area (Å²) in [5.41, 5.74) is 2.15. The van der Waals surface area contributed by atoms with Crippen LogP contribution in [0.1, 0.15) is 18.3 Å². The molecule has 2 aromatic heterocycles. The Morgan fingerprint density at radius 3 is 2.74 bits per heavy atom. The molecule has 0 unspecified atom stereocenters. The summed E-state index contributed by atoms with van der Waals surface area (Å²) in [6.07, 6.45) is 0.705. The summed E-state index contributed by atoms with van der Waals surface area (Å²) in [6.45, 7) is 3.84. The van der Waals surface area contributed by atoms with Gasteiger partial charge in [-0.15, -0.1) is 0 Å². The number of rotatable bonds is 3. The molecule has 0 saturated heterocycles. The molecule has 0 aromatic carbocycles. The molecule has 0 aliphatic heterocycles. The minimum atomic E-state index is -0.132. The first-order valence-electron chi connectivity index (χ1n) is 5.86. The van der Waals surface area contributed by atoms with Gasteiger partial charge in [0.15, 0.2) is 0 Å². The number of aromatic amines is 1. The van der Waals surface area contributed by atoms with Crippen molar-refractivity contribution in [2.45, 2.75) is 20.3 Å². The van der Waals surface area contributed by atoms with E-state index in [0.29, 0.717) is 21.7 Å². The molecule has 2 rings (SSSR count). The van der Waals surface area contributed by atoms with Crippen LogP contribution in [0.2, 0.25) is 0 Å². The third-order valence-electron chi connectivity index (χ3n) is 2.87. The fraction of sp³-hybridized carbons (Fsp3) is 0.417. The Kier molecular flexibility index (Phi) is 3.93. The van der Waals surface area contributed by atoms with Gasteiger partial charge in [0.2, 0.25) is 5.88 Å². The van der Waals surface area contributed by atoms with E-state index in [1.807, 2.05) is 36.4 Å². The summed E-state index contributed by atoms with van der Waals surface area (Å²) in [5, 5.41) is 4.29. The number of halogens is 1. The predicted octanol–water partition coefficient (Wildman–Crippen LogP) is 1.65. The van der Waals surface area contributed by atoms with E-state index in [1.165, 1.54) is 0 Å². The quantitative estimate of drug-likeness (QED) is 0.830. The van der Waals surface area contributed by atoms with Crippen LogP contribution in [0.4, 0.5) is 0 Å². The lowest BCUT2D eigenvalue weighted by atomic mass is 10.2. The summed E-state index contributed by atoms with van der Waals surface area (Å²) >= 11 is 2.01. The molecular formula is C12H15IN4O2. The lowest BCUT2D eigenvalue weighted by molar-refractivity contribution is 0.374. The van der Waals surface area contributed by atoms with E-state index in [1.54, 1.807) is 18.8 Å². The van der Waals surface area contributed by atoms with Gasteiger partial charge in [-0.2, -0.15) is 5.10 Å². The molecule has 1 N–H and O–H groups in total. The van der Waals surface area contributed by atoms with Crippen molar-refractivity contribution < 1.29 is 4.74 Å². The topological polar surface area (TPSA) is 72.8 Å². The molecule has 102 valence electrons. The lowest BCUT2D eigenvalue weighted by Crippen LogP contribution is -2.16. The van der Waals surface area contributed by atoms with Crippen molar-refractivity contribution in [1.82, 2.24) is 19.7 Å². The molecule has 0 aliphatic rings. The number of nitrogens with one attached hydrogen (secondary N) is 1. The van der Waals surface area contributed by atoms with Crippen LogP contribution in [0.15, 0.2) is 4.79 Å². The molecule has 0 radical (unpaired) electrons. The zero-order valence-electron chi connectivity index (χ0n) is 11.2. The van der Waals surface area contributed by atoms with E-state index in [4.69, 9.17) is 4.74 Å². The van der Waals surface area contributed by atoms with Crippen LogP contribution in [0.3, 0.4) is 0 Å². The summed E-state index contributed by atoms with van der Waals surface area (Å²) in [6, 6.07) is 0. The lowest BCUT2D eigenvalue weighted by Gasteiger charge is -2.07. The van der Waals surface area contributed by atoms with Gasteiger partial charge in [0, 0.05) is 7.05 Å². The van der Waals surface area contributed by atoms with Crippen molar-refractivity contribution in [1.29, 1.82) is 0 Å². The number of methoxy groups -OCH3 is 1. The Morgan fingerprint density at radius 1 is 1.47 bits per heavy atom. The van der Waals surface area contributed by atoms with Crippen LogP contribution in [-0.4, -0.2) is 26.9 Å². The standard InChI is InChI=1S/C12H15IN4O2/c1-5-7-9(13)11(18)15-10(14-7)8-6(2)16-17(3)12(8)19-4/h5H2,1-4H3,(H,14,15,18). The Bertz CT molecular complexity index is 675. The average Bonchev–Trinajstić information content (AvgIpc) is 2.66. The van der Waals surface area contributed by atoms with Crippen LogP contribution in [-0.2, 0) is 13.5 Å². The number of aromatic nitrogens is 4. The number of hydrogen-bond acceptors (Lipinski definition) is 4. The Labute approximate surface area is 124 Å². The second-order valence-electron chi connectivity index (χ2n) is 4.12. The van der Waals surface area contributed by atoms with Crippen LogP contribution in [0.5, 0.6) is 5.88 Å². The van der Waals surface area contributed by atoms with Crippen molar-refractivity contribution >= 4 is 22.6 Å². The monoisotopic (exact) mass is 374 g/mol. The van der Waals surface area contributed by atoms with Gasteiger partial charge in [-0.3, -0.25) is 4.79 Å². The summed E-state index contributed by atoms with van der Waals surface area (Å²) < 4.78 is 7.59. The molecule has 0 saturated carbocycles. The van der Waals surface area contributed by atoms with Gasteiger partial charge in [0.05, 0.1) is 22.1 Å². The fourth-order valence-corrected chi connectivity index (χ4v) is 2.64. The second kappa shape index (κ2) is 5.32. The third kappa shape index (κ3) is 2.38. The Balaban J connectivity index is 2.72. The molecule has 2 aromatic rings. The van der Waals surface area contributed by atoms with Gasteiger partial charge in [-0.05, 0) is 35.9 Å². The Morgan fingerprint density at radius 2 is 2.16 bits per heavy atom. The molecule has 19 heavy (non-hydrogen) atoms. The van der Waals surface area contributed by atoms with E-state index >= 15 is 0 Å². The van der Waals surface area contributed by atoms with Crippen molar-refractivity contribution in [3.05, 3.63) is 25.3 Å². The maximum Gasteiger partial charge on any atom is 0.264 e. The molecule has 0 amide bonds. The SMILES string of the molecule is CCc1nc(-c2c(C)nn(C)c2OC)[nH]c(=O)c1I. The number of H-pyrrole nitrogens is 1. The zero-order chi connectivity index (χ0) is 14.2. The van der Waals surface area contributed by atoms with Crippen LogP contribution >= 0.6 is 22.6 Å². The number of ether oxygens (including phenoxy) is 1. The average molecular weight is 374 g/mol. The maximum atomic E-state index is 11.9. The van der Waals surface area contributed by atoms with E-state index in [-0.39, 0.29) is 5.56 Å². The normalized spacial score (nSPS) is 10.8. The van der Waals surface area contributed by atoms with Crippen molar-refractivity contribution in [2.75, 3.05) is 7.11 Å². The molecule has 0 fully saturated rings. The first-order valence-corrected chi connectivity index (χ1v) is 6.94. The van der Waals surface area contributed by atoms with E-state index in [0.717, 1.165) is 17.0 Å². The highest BCUT2D eigenvalue weighted by Crippen LogP contribution is 2.29. The second-order valence-corrected chi connectivity index (χ2v) is 5.20. The number of nitrogens with zero attached hydrogens (tertiary/aromatic N) is 3. The van der Waals surface area contributed by atoms with E-state index in [9.17, 15) is 4.79 Å². The third-order valence-corrected chi connectivity index (χ3v) is 3.98. The maximum absolute atomic E-state index is 11.9. The van der Waals surface area contributed by atoms with E-state index < -0.39 is 0 Å². The van der Waals surface area contributed by atoms with Gasteiger partial charge in [-0.25, -0.2) is 9.67 Å².